The number of nitro groups is 2. The molecule has 0 bridgehead atoms. The highest BCUT2D eigenvalue weighted by molar-refractivity contribution is 6.46. The van der Waals surface area contributed by atoms with E-state index < -0.39 is 33.3 Å². The number of benzene rings is 2. The van der Waals surface area contributed by atoms with Crippen LogP contribution in [0.15, 0.2) is 54.1 Å². The van der Waals surface area contributed by atoms with Gasteiger partial charge in [-0.25, -0.2) is 0 Å². The molecular weight excluding hydrogens is 444 g/mol. The molecule has 178 valence electrons. The molecule has 1 amide bonds. The normalized spacial score (nSPS) is 17.4. The number of carbonyl (C=O) groups excluding carboxylic acids is 2. The summed E-state index contributed by atoms with van der Waals surface area (Å²) in [5.74, 6) is -2.15. The maximum absolute atomic E-state index is 13.0. The number of aliphatic hydroxyl groups is 1. The summed E-state index contributed by atoms with van der Waals surface area (Å²) in [6.07, 6.45) is 0. The number of ketones is 1. The average molecular weight is 468 g/mol. The molecule has 1 fully saturated rings. The summed E-state index contributed by atoms with van der Waals surface area (Å²) in [5.41, 5.74) is 0.0432. The molecule has 2 aromatic rings. The summed E-state index contributed by atoms with van der Waals surface area (Å²) in [6.45, 7) is 6.11. The fourth-order valence-electron chi connectivity index (χ4n) is 3.92. The molecule has 1 heterocycles. The Balaban J connectivity index is 2.10. The van der Waals surface area contributed by atoms with Crippen LogP contribution in [-0.4, -0.2) is 62.6 Å². The zero-order valence-corrected chi connectivity index (χ0v) is 18.7. The predicted octanol–water partition coefficient (Wildman–Crippen LogP) is 3.27. The fourth-order valence-corrected chi connectivity index (χ4v) is 3.92. The molecule has 1 unspecified atom stereocenters. The van der Waals surface area contributed by atoms with E-state index >= 15 is 0 Å². The number of hydrogen-bond acceptors (Lipinski definition) is 8. The number of nitro benzene ring substituents is 2. The van der Waals surface area contributed by atoms with Gasteiger partial charge in [0.1, 0.15) is 5.76 Å². The Bertz CT molecular complexity index is 1140. The number of nitrogens with zero attached hydrogens (tertiary/aromatic N) is 4. The number of likely N-dealkylation sites (N-methyl/N-ethyl adjacent to an activating group) is 1. The molecule has 0 aromatic heterocycles. The molecule has 1 atom stereocenters. The Morgan fingerprint density at radius 1 is 0.941 bits per heavy atom. The summed E-state index contributed by atoms with van der Waals surface area (Å²) < 4.78 is 0. The number of aliphatic hydroxyl groups excluding tert-OH is 1. The molecule has 34 heavy (non-hydrogen) atoms. The number of non-ortho nitro benzene ring substituents is 2. The predicted molar refractivity (Wildman–Crippen MR) is 123 cm³/mol. The van der Waals surface area contributed by atoms with Crippen LogP contribution >= 0.6 is 0 Å². The van der Waals surface area contributed by atoms with Crippen molar-refractivity contribution in [1.29, 1.82) is 0 Å². The van der Waals surface area contributed by atoms with Crippen molar-refractivity contribution in [3.63, 3.8) is 0 Å². The van der Waals surface area contributed by atoms with Crippen LogP contribution in [0, 0.1) is 20.2 Å². The quantitative estimate of drug-likeness (QED) is 0.194. The molecule has 1 aliphatic rings. The number of Topliss-reactive ketones (excluding diaryl/α,β-unsaturated/α-hetero) is 1. The van der Waals surface area contributed by atoms with Gasteiger partial charge in [0.2, 0.25) is 0 Å². The van der Waals surface area contributed by atoms with Crippen LogP contribution in [0.1, 0.15) is 31.0 Å². The lowest BCUT2D eigenvalue weighted by atomic mass is 9.95. The largest absolute Gasteiger partial charge is 0.507 e. The third-order valence-electron chi connectivity index (χ3n) is 5.86. The van der Waals surface area contributed by atoms with E-state index in [1.807, 2.05) is 13.8 Å². The first kappa shape index (κ1) is 24.5. The Hall–Kier alpha value is -4.12. The number of rotatable bonds is 9. The van der Waals surface area contributed by atoms with Crippen molar-refractivity contribution in [3.8, 4) is 0 Å². The first-order chi connectivity index (χ1) is 16.2. The van der Waals surface area contributed by atoms with Crippen LogP contribution in [0.5, 0.6) is 0 Å². The van der Waals surface area contributed by atoms with Gasteiger partial charge < -0.3 is 14.9 Å². The summed E-state index contributed by atoms with van der Waals surface area (Å²) >= 11 is 0. The highest BCUT2D eigenvalue weighted by atomic mass is 16.6. The van der Waals surface area contributed by atoms with Crippen LogP contribution in [0.2, 0.25) is 0 Å². The van der Waals surface area contributed by atoms with Gasteiger partial charge in [-0.2, -0.15) is 0 Å². The molecule has 3 rings (SSSR count). The Morgan fingerprint density at radius 3 is 1.91 bits per heavy atom. The smallest absolute Gasteiger partial charge is 0.295 e. The molecule has 0 aliphatic carbocycles. The van der Waals surface area contributed by atoms with E-state index in [0.29, 0.717) is 12.1 Å². The standard InChI is InChI=1S/C23H24N4O7/c1-3-24(4-2)13-14-25-20(15-5-9-17(10-6-15)26(31)32)19(22(29)23(25)30)21(28)16-7-11-18(12-8-16)27(33)34/h5-12,20,28H,3-4,13-14H2,1-2H3. The van der Waals surface area contributed by atoms with Gasteiger partial charge in [0, 0.05) is 42.9 Å². The van der Waals surface area contributed by atoms with Gasteiger partial charge in [0.25, 0.3) is 23.1 Å². The van der Waals surface area contributed by atoms with E-state index in [0.717, 1.165) is 13.1 Å². The highest BCUT2D eigenvalue weighted by Gasteiger charge is 2.46. The molecule has 1 saturated heterocycles. The van der Waals surface area contributed by atoms with Gasteiger partial charge in [-0.15, -0.1) is 0 Å². The molecule has 1 aliphatic heterocycles. The second-order valence-corrected chi connectivity index (χ2v) is 7.67. The lowest BCUT2D eigenvalue weighted by molar-refractivity contribution is -0.385. The van der Waals surface area contributed by atoms with Gasteiger partial charge in [-0.05, 0) is 42.9 Å². The van der Waals surface area contributed by atoms with Crippen molar-refractivity contribution in [2.75, 3.05) is 26.2 Å². The SMILES string of the molecule is CCN(CC)CCN1C(=O)C(=O)C(=C(O)c2ccc([N+](=O)[O-])cc2)C1c1ccc([N+](=O)[O-])cc1. The Kier molecular flexibility index (Phi) is 7.37. The zero-order valence-electron chi connectivity index (χ0n) is 18.7. The molecule has 0 saturated carbocycles. The summed E-state index contributed by atoms with van der Waals surface area (Å²) in [5, 5.41) is 33.0. The van der Waals surface area contributed by atoms with Gasteiger partial charge >= 0.3 is 0 Å². The second-order valence-electron chi connectivity index (χ2n) is 7.67. The van der Waals surface area contributed by atoms with Crippen LogP contribution in [0.4, 0.5) is 11.4 Å². The van der Waals surface area contributed by atoms with E-state index in [1.165, 1.54) is 53.4 Å². The van der Waals surface area contributed by atoms with Crippen LogP contribution in [0.25, 0.3) is 5.76 Å². The zero-order chi connectivity index (χ0) is 25.0. The fraction of sp³-hybridized carbons (Fsp3) is 0.304. The van der Waals surface area contributed by atoms with E-state index in [2.05, 4.69) is 4.90 Å². The maximum Gasteiger partial charge on any atom is 0.295 e. The van der Waals surface area contributed by atoms with Crippen molar-refractivity contribution in [2.24, 2.45) is 0 Å². The van der Waals surface area contributed by atoms with Gasteiger partial charge in [0.05, 0.1) is 21.5 Å². The van der Waals surface area contributed by atoms with Crippen LogP contribution in [-0.2, 0) is 9.59 Å². The molecule has 2 aromatic carbocycles. The first-order valence-corrected chi connectivity index (χ1v) is 10.7. The first-order valence-electron chi connectivity index (χ1n) is 10.7. The van der Waals surface area contributed by atoms with Gasteiger partial charge in [-0.1, -0.05) is 13.8 Å². The van der Waals surface area contributed by atoms with Crippen molar-refractivity contribution in [1.82, 2.24) is 9.80 Å². The summed E-state index contributed by atoms with van der Waals surface area (Å²) in [6, 6.07) is 9.43. The van der Waals surface area contributed by atoms with E-state index in [9.17, 15) is 34.9 Å². The third kappa shape index (κ3) is 4.79. The molecule has 1 N–H and O–H groups in total. The van der Waals surface area contributed by atoms with Crippen molar-refractivity contribution >= 4 is 28.8 Å². The lowest BCUT2D eigenvalue weighted by Gasteiger charge is -2.28. The second kappa shape index (κ2) is 10.2. The minimum atomic E-state index is -0.966. The minimum Gasteiger partial charge on any atom is -0.507 e. The van der Waals surface area contributed by atoms with Crippen molar-refractivity contribution in [3.05, 3.63) is 85.5 Å². The number of hydrogen-bond donors (Lipinski definition) is 1. The highest BCUT2D eigenvalue weighted by Crippen LogP contribution is 2.39. The number of amides is 1. The molecule has 11 nitrogen and oxygen atoms in total. The molecule has 11 heteroatoms. The van der Waals surface area contributed by atoms with E-state index in [-0.39, 0.29) is 29.1 Å². The third-order valence-corrected chi connectivity index (χ3v) is 5.86. The van der Waals surface area contributed by atoms with Crippen molar-refractivity contribution < 1.29 is 24.5 Å². The Labute approximate surface area is 195 Å². The number of carbonyl (C=O) groups is 2. The van der Waals surface area contributed by atoms with Gasteiger partial charge in [-0.3, -0.25) is 29.8 Å². The lowest BCUT2D eigenvalue weighted by Crippen LogP contribution is -2.38. The topological polar surface area (TPSA) is 147 Å². The summed E-state index contributed by atoms with van der Waals surface area (Å²) in [7, 11) is 0. The maximum atomic E-state index is 13.0. The van der Waals surface area contributed by atoms with E-state index in [1.54, 1.807) is 0 Å². The Morgan fingerprint density at radius 2 is 1.44 bits per heavy atom. The molecule has 0 spiro atoms. The molecular formula is C23H24N4O7. The summed E-state index contributed by atoms with van der Waals surface area (Å²) in [4.78, 5) is 50.2. The van der Waals surface area contributed by atoms with Crippen molar-refractivity contribution in [2.45, 2.75) is 19.9 Å². The molecule has 0 radical (unpaired) electrons. The van der Waals surface area contributed by atoms with Crippen LogP contribution in [0.3, 0.4) is 0 Å². The minimum absolute atomic E-state index is 0.138. The monoisotopic (exact) mass is 468 g/mol. The number of likely N-dealkylation sites (tertiary alicyclic amines) is 1. The average Bonchev–Trinajstić information content (AvgIpc) is 3.09. The van der Waals surface area contributed by atoms with Crippen LogP contribution < -0.4 is 0 Å². The van der Waals surface area contributed by atoms with E-state index in [4.69, 9.17) is 0 Å². The van der Waals surface area contributed by atoms with Gasteiger partial charge in [0.15, 0.2) is 0 Å².